The van der Waals surface area contributed by atoms with Crippen molar-refractivity contribution < 1.29 is 4.79 Å². The summed E-state index contributed by atoms with van der Waals surface area (Å²) in [5.74, 6) is 0.730. The summed E-state index contributed by atoms with van der Waals surface area (Å²) in [7, 11) is 1.84. The van der Waals surface area contributed by atoms with Crippen molar-refractivity contribution in [2.75, 3.05) is 16.4 Å². The minimum absolute atomic E-state index is 0.169. The Morgan fingerprint density at radius 3 is 2.82 bits per heavy atom. The number of halogens is 2. The smallest absolute Gasteiger partial charge is 0.236 e. The van der Waals surface area contributed by atoms with Crippen LogP contribution in [0.2, 0.25) is 10.0 Å². The zero-order valence-electron chi connectivity index (χ0n) is 15.1. The fourth-order valence-corrected chi connectivity index (χ4v) is 3.95. The van der Waals surface area contributed by atoms with Crippen molar-refractivity contribution in [3.63, 3.8) is 0 Å². The van der Waals surface area contributed by atoms with Crippen molar-refractivity contribution in [2.45, 2.75) is 25.0 Å². The third kappa shape index (κ3) is 5.34. The minimum Gasteiger partial charge on any atom is -0.376 e. The fourth-order valence-electron chi connectivity index (χ4n) is 2.16. The quantitative estimate of drug-likeness (QED) is 0.495. The molecule has 0 fully saturated rings. The van der Waals surface area contributed by atoms with Crippen LogP contribution in [0.3, 0.4) is 0 Å². The molecule has 28 heavy (non-hydrogen) atoms. The van der Waals surface area contributed by atoms with Crippen LogP contribution in [0.1, 0.15) is 17.8 Å². The van der Waals surface area contributed by atoms with Crippen molar-refractivity contribution in [1.29, 1.82) is 0 Å². The predicted octanol–water partition coefficient (Wildman–Crippen LogP) is 3.88. The maximum Gasteiger partial charge on any atom is 0.236 e. The number of hydrogen-bond donors (Lipinski definition) is 2. The standard InChI is InChI=1S/C16H17Cl2N7OS2/c1-3-14-22-23-15(28-14)20-13(26)8-27-16-24-21-12(25(16)2)7-19-11-6-9(17)4-5-10(11)18/h4-6,19H,3,7-8H2,1-2H3,(H,20,23,26). The summed E-state index contributed by atoms with van der Waals surface area (Å²) in [5.41, 5.74) is 0.717. The predicted molar refractivity (Wildman–Crippen MR) is 113 cm³/mol. The topological polar surface area (TPSA) is 97.6 Å². The van der Waals surface area contributed by atoms with Crippen molar-refractivity contribution in [3.8, 4) is 0 Å². The first kappa shape index (κ1) is 20.8. The lowest BCUT2D eigenvalue weighted by Crippen LogP contribution is -2.14. The Morgan fingerprint density at radius 1 is 1.25 bits per heavy atom. The third-order valence-electron chi connectivity index (χ3n) is 3.64. The molecule has 0 saturated heterocycles. The number of nitrogens with zero attached hydrogens (tertiary/aromatic N) is 5. The highest BCUT2D eigenvalue weighted by atomic mass is 35.5. The van der Waals surface area contributed by atoms with E-state index < -0.39 is 0 Å². The largest absolute Gasteiger partial charge is 0.376 e. The van der Waals surface area contributed by atoms with Crippen molar-refractivity contribution in [2.24, 2.45) is 7.05 Å². The number of nitrogens with one attached hydrogen (secondary N) is 2. The van der Waals surface area contributed by atoms with Crippen LogP contribution in [0, 0.1) is 0 Å². The number of hydrogen-bond acceptors (Lipinski definition) is 8. The minimum atomic E-state index is -0.169. The summed E-state index contributed by atoms with van der Waals surface area (Å²) in [5, 5.41) is 25.3. The fraction of sp³-hybridized carbons (Fsp3) is 0.312. The molecule has 8 nitrogen and oxygen atoms in total. The van der Waals surface area contributed by atoms with Crippen LogP contribution in [0.25, 0.3) is 0 Å². The van der Waals surface area contributed by atoms with Crippen molar-refractivity contribution in [3.05, 3.63) is 39.1 Å². The molecule has 3 rings (SSSR count). The van der Waals surface area contributed by atoms with Gasteiger partial charge in [-0.2, -0.15) is 0 Å². The van der Waals surface area contributed by atoms with E-state index in [1.807, 2.05) is 18.5 Å². The lowest BCUT2D eigenvalue weighted by Gasteiger charge is -2.09. The molecular weight excluding hydrogens is 441 g/mol. The Hall–Kier alpha value is -1.88. The summed E-state index contributed by atoms with van der Waals surface area (Å²) in [6.07, 6.45) is 0.790. The van der Waals surface area contributed by atoms with Gasteiger partial charge in [-0.05, 0) is 24.6 Å². The van der Waals surface area contributed by atoms with Crippen LogP contribution < -0.4 is 10.6 Å². The second kappa shape index (κ2) is 9.55. The zero-order chi connectivity index (χ0) is 20.1. The van der Waals surface area contributed by atoms with Crippen LogP contribution in [0.4, 0.5) is 10.8 Å². The average molecular weight is 458 g/mol. The van der Waals surface area contributed by atoms with E-state index in [1.165, 1.54) is 23.1 Å². The maximum absolute atomic E-state index is 12.1. The summed E-state index contributed by atoms with van der Waals surface area (Å²) < 4.78 is 1.82. The number of carbonyl (C=O) groups is 1. The number of benzene rings is 1. The van der Waals surface area contributed by atoms with Crippen LogP contribution in [0.15, 0.2) is 23.4 Å². The Morgan fingerprint density at radius 2 is 2.07 bits per heavy atom. The molecule has 1 aromatic carbocycles. The van der Waals surface area contributed by atoms with E-state index in [4.69, 9.17) is 23.2 Å². The number of amides is 1. The zero-order valence-corrected chi connectivity index (χ0v) is 18.2. The molecule has 0 radical (unpaired) electrons. The van der Waals surface area contributed by atoms with Gasteiger partial charge in [-0.15, -0.1) is 20.4 Å². The molecule has 0 atom stereocenters. The maximum atomic E-state index is 12.1. The highest BCUT2D eigenvalue weighted by Crippen LogP contribution is 2.26. The molecule has 0 aliphatic carbocycles. The van der Waals surface area contributed by atoms with Gasteiger partial charge in [-0.3, -0.25) is 10.1 Å². The van der Waals surface area contributed by atoms with E-state index in [-0.39, 0.29) is 11.7 Å². The number of rotatable bonds is 8. The van der Waals surface area contributed by atoms with E-state index in [0.717, 1.165) is 11.4 Å². The van der Waals surface area contributed by atoms with Gasteiger partial charge >= 0.3 is 0 Å². The molecule has 2 N–H and O–H groups in total. The SMILES string of the molecule is CCc1nnc(NC(=O)CSc2nnc(CNc3cc(Cl)ccc3Cl)n2C)s1. The molecule has 3 aromatic rings. The molecule has 1 amide bonds. The van der Waals surface area contributed by atoms with Gasteiger partial charge in [0.05, 0.1) is 23.0 Å². The Bertz CT molecular complexity index is 976. The van der Waals surface area contributed by atoms with E-state index >= 15 is 0 Å². The molecule has 2 heterocycles. The van der Waals surface area contributed by atoms with Gasteiger partial charge in [-0.25, -0.2) is 0 Å². The molecule has 148 valence electrons. The second-order valence-corrected chi connectivity index (χ2v) is 8.48. The van der Waals surface area contributed by atoms with Gasteiger partial charge in [0.15, 0.2) is 11.0 Å². The van der Waals surface area contributed by atoms with E-state index in [9.17, 15) is 4.79 Å². The summed E-state index contributed by atoms with van der Waals surface area (Å²) in [6.45, 7) is 2.41. The summed E-state index contributed by atoms with van der Waals surface area (Å²) in [4.78, 5) is 12.1. The van der Waals surface area contributed by atoms with Crippen LogP contribution in [-0.2, 0) is 24.8 Å². The number of carbonyl (C=O) groups excluding carboxylic acids is 1. The Balaban J connectivity index is 1.54. The highest BCUT2D eigenvalue weighted by Gasteiger charge is 2.13. The first-order chi connectivity index (χ1) is 13.5. The number of aromatic nitrogens is 5. The van der Waals surface area contributed by atoms with Gasteiger partial charge in [0.1, 0.15) is 5.01 Å². The lowest BCUT2D eigenvalue weighted by atomic mass is 10.3. The lowest BCUT2D eigenvalue weighted by molar-refractivity contribution is -0.113. The molecule has 0 bridgehead atoms. The molecule has 2 aromatic heterocycles. The first-order valence-corrected chi connectivity index (χ1v) is 10.8. The third-order valence-corrected chi connectivity index (χ3v) is 6.21. The van der Waals surface area contributed by atoms with E-state index in [1.54, 1.807) is 18.2 Å². The number of thioether (sulfide) groups is 1. The van der Waals surface area contributed by atoms with Gasteiger partial charge < -0.3 is 9.88 Å². The Kier molecular flexibility index (Phi) is 7.11. The molecule has 0 saturated carbocycles. The van der Waals surface area contributed by atoms with Crippen molar-refractivity contribution in [1.82, 2.24) is 25.0 Å². The van der Waals surface area contributed by atoms with Gasteiger partial charge in [0, 0.05) is 12.1 Å². The van der Waals surface area contributed by atoms with Crippen LogP contribution in [0.5, 0.6) is 0 Å². The van der Waals surface area contributed by atoms with E-state index in [2.05, 4.69) is 31.0 Å². The van der Waals surface area contributed by atoms with Gasteiger partial charge in [0.25, 0.3) is 0 Å². The Labute approximate surface area is 180 Å². The van der Waals surface area contributed by atoms with Gasteiger partial charge in [-0.1, -0.05) is 53.2 Å². The van der Waals surface area contributed by atoms with Gasteiger partial charge in [0.2, 0.25) is 11.0 Å². The van der Waals surface area contributed by atoms with Crippen molar-refractivity contribution >= 4 is 63.0 Å². The first-order valence-electron chi connectivity index (χ1n) is 8.28. The highest BCUT2D eigenvalue weighted by molar-refractivity contribution is 7.99. The molecule has 0 unspecified atom stereocenters. The molecular formula is C16H17Cl2N7OS2. The molecule has 0 aliphatic rings. The normalized spacial score (nSPS) is 10.9. The van der Waals surface area contributed by atoms with Crippen LogP contribution in [-0.4, -0.2) is 36.6 Å². The van der Waals surface area contributed by atoms with E-state index in [0.29, 0.717) is 38.4 Å². The molecule has 12 heteroatoms. The summed E-state index contributed by atoms with van der Waals surface area (Å²) >= 11 is 14.8. The molecule has 0 aliphatic heterocycles. The molecule has 0 spiro atoms. The second-order valence-electron chi connectivity index (χ2n) is 5.63. The average Bonchev–Trinajstić information content (AvgIpc) is 3.27. The summed E-state index contributed by atoms with van der Waals surface area (Å²) in [6, 6.07) is 5.20. The van der Waals surface area contributed by atoms with Crippen LogP contribution >= 0.6 is 46.3 Å². The number of anilines is 2. The monoisotopic (exact) mass is 457 g/mol. The number of aryl methyl sites for hydroxylation is 1.